The van der Waals surface area contributed by atoms with Gasteiger partial charge in [-0.2, -0.15) is 4.99 Å². The van der Waals surface area contributed by atoms with Crippen LogP contribution in [-0.4, -0.2) is 10.1 Å². The molecule has 0 N–H and O–H groups in total. The van der Waals surface area contributed by atoms with E-state index in [9.17, 15) is 4.79 Å². The molecule has 0 aromatic carbocycles. The van der Waals surface area contributed by atoms with Gasteiger partial charge >= 0.3 is 0 Å². The van der Waals surface area contributed by atoms with Crippen LogP contribution >= 0.6 is 22.6 Å². The number of carbonyl (C=O) groups excluding carboxylic acids is 1. The maximum atomic E-state index is 9.48. The van der Waals surface area contributed by atoms with Crippen molar-refractivity contribution in [1.82, 2.24) is 0 Å². The summed E-state index contributed by atoms with van der Waals surface area (Å²) in [6.07, 6.45) is 2.38. The van der Waals surface area contributed by atoms with Gasteiger partial charge in [0.1, 0.15) is 4.05 Å². The number of hydrogen-bond acceptors (Lipinski definition) is 2. The molecular formula is C4H6INO. The van der Waals surface area contributed by atoms with Crippen LogP contribution in [0.4, 0.5) is 0 Å². The lowest BCUT2D eigenvalue weighted by atomic mass is 10.5. The van der Waals surface area contributed by atoms with Gasteiger partial charge in [-0.05, 0) is 6.42 Å². The number of nitrogens with zero attached hydrogens (tertiary/aromatic N) is 1. The summed E-state index contributed by atoms with van der Waals surface area (Å²) in [7, 11) is 0. The van der Waals surface area contributed by atoms with Crippen LogP contribution in [0.1, 0.15) is 13.3 Å². The van der Waals surface area contributed by atoms with Crippen LogP contribution in [0.25, 0.3) is 0 Å². The molecule has 0 radical (unpaired) electrons. The average Bonchev–Trinajstić information content (AvgIpc) is 1.68. The lowest BCUT2D eigenvalue weighted by molar-refractivity contribution is 0.562. The molecule has 1 atom stereocenters. The molecule has 0 saturated heterocycles. The van der Waals surface area contributed by atoms with E-state index in [1.165, 1.54) is 6.08 Å². The summed E-state index contributed by atoms with van der Waals surface area (Å²) < 4.78 is 0.120. The van der Waals surface area contributed by atoms with E-state index < -0.39 is 0 Å². The summed E-state index contributed by atoms with van der Waals surface area (Å²) in [6, 6.07) is 0. The van der Waals surface area contributed by atoms with E-state index in [0.717, 1.165) is 6.42 Å². The second kappa shape index (κ2) is 4.27. The first-order valence-electron chi connectivity index (χ1n) is 2.02. The van der Waals surface area contributed by atoms with Gasteiger partial charge in [0.05, 0.1) is 0 Å². The van der Waals surface area contributed by atoms with Gasteiger partial charge in [0.15, 0.2) is 0 Å². The second-order valence-electron chi connectivity index (χ2n) is 1.06. The SMILES string of the molecule is CCC(I)N=C=O. The molecule has 0 heterocycles. The van der Waals surface area contributed by atoms with E-state index in [1.807, 2.05) is 6.92 Å². The fourth-order valence-electron chi connectivity index (χ4n) is 0.148. The fourth-order valence-corrected chi connectivity index (χ4v) is 0.262. The average molecular weight is 211 g/mol. The topological polar surface area (TPSA) is 29.4 Å². The third kappa shape index (κ3) is 3.95. The van der Waals surface area contributed by atoms with Crippen molar-refractivity contribution in [2.24, 2.45) is 4.99 Å². The molecule has 0 aliphatic rings. The summed E-state index contributed by atoms with van der Waals surface area (Å²) in [4.78, 5) is 12.9. The lowest BCUT2D eigenvalue weighted by Crippen LogP contribution is -1.85. The first-order chi connectivity index (χ1) is 3.31. The van der Waals surface area contributed by atoms with Crippen molar-refractivity contribution >= 4 is 28.7 Å². The second-order valence-corrected chi connectivity index (χ2v) is 2.50. The standard InChI is InChI=1S/C4H6INO/c1-2-4(5)6-3-7/h4H,2H2,1H3. The van der Waals surface area contributed by atoms with E-state index in [0.29, 0.717) is 0 Å². The predicted octanol–water partition coefficient (Wildman–Crippen LogP) is 1.49. The number of halogens is 1. The van der Waals surface area contributed by atoms with Crippen LogP contribution in [0.2, 0.25) is 0 Å². The van der Waals surface area contributed by atoms with E-state index in [4.69, 9.17) is 0 Å². The molecule has 0 rings (SSSR count). The predicted molar refractivity (Wildman–Crippen MR) is 36.2 cm³/mol. The van der Waals surface area contributed by atoms with Crippen molar-refractivity contribution in [2.75, 3.05) is 0 Å². The van der Waals surface area contributed by atoms with E-state index >= 15 is 0 Å². The molecule has 1 unspecified atom stereocenters. The molecule has 0 spiro atoms. The molecule has 0 aromatic rings. The third-order valence-corrected chi connectivity index (χ3v) is 1.69. The zero-order valence-corrected chi connectivity index (χ0v) is 6.18. The largest absolute Gasteiger partial charge is 0.236 e. The molecule has 0 saturated carbocycles. The first kappa shape index (κ1) is 7.11. The van der Waals surface area contributed by atoms with Gasteiger partial charge in [0, 0.05) is 0 Å². The molecule has 0 aromatic heterocycles. The van der Waals surface area contributed by atoms with Crippen LogP contribution in [0, 0.1) is 0 Å². The third-order valence-electron chi connectivity index (χ3n) is 0.530. The van der Waals surface area contributed by atoms with E-state index in [2.05, 4.69) is 27.6 Å². The van der Waals surface area contributed by atoms with Crippen LogP contribution in [-0.2, 0) is 4.79 Å². The normalized spacial score (nSPS) is 12.3. The highest BCUT2D eigenvalue weighted by atomic mass is 127. The summed E-state index contributed by atoms with van der Waals surface area (Å²) in [5.74, 6) is 0. The van der Waals surface area contributed by atoms with Gasteiger partial charge in [-0.25, -0.2) is 4.79 Å². The molecule has 40 valence electrons. The highest BCUT2D eigenvalue weighted by molar-refractivity contribution is 14.1. The van der Waals surface area contributed by atoms with Gasteiger partial charge in [0.25, 0.3) is 0 Å². The van der Waals surface area contributed by atoms with E-state index in [-0.39, 0.29) is 4.05 Å². The highest BCUT2D eigenvalue weighted by Gasteiger charge is 1.91. The molecular weight excluding hydrogens is 205 g/mol. The fraction of sp³-hybridized carbons (Fsp3) is 0.750. The number of alkyl halides is 1. The Morgan fingerprint density at radius 1 is 2.00 bits per heavy atom. The maximum absolute atomic E-state index is 9.48. The van der Waals surface area contributed by atoms with Crippen molar-refractivity contribution in [2.45, 2.75) is 17.4 Å². The molecule has 0 aliphatic carbocycles. The summed E-state index contributed by atoms with van der Waals surface area (Å²) in [5.41, 5.74) is 0. The Bertz CT molecular complexity index is 87.7. The van der Waals surface area contributed by atoms with Gasteiger partial charge in [-0.3, -0.25) is 0 Å². The van der Waals surface area contributed by atoms with Gasteiger partial charge in [-0.1, -0.05) is 29.5 Å². The van der Waals surface area contributed by atoms with Crippen LogP contribution in [0.3, 0.4) is 0 Å². The summed E-state index contributed by atoms with van der Waals surface area (Å²) >= 11 is 2.08. The van der Waals surface area contributed by atoms with Crippen molar-refractivity contribution in [3.05, 3.63) is 0 Å². The quantitative estimate of drug-likeness (QED) is 0.223. The Labute approximate surface area is 56.2 Å². The summed E-state index contributed by atoms with van der Waals surface area (Å²) in [6.45, 7) is 1.97. The smallest absolute Gasteiger partial charge is 0.211 e. The van der Waals surface area contributed by atoms with Crippen LogP contribution in [0.5, 0.6) is 0 Å². The molecule has 2 nitrogen and oxygen atoms in total. The highest BCUT2D eigenvalue weighted by Crippen LogP contribution is 2.03. The van der Waals surface area contributed by atoms with Gasteiger partial charge < -0.3 is 0 Å². The molecule has 0 bridgehead atoms. The lowest BCUT2D eigenvalue weighted by Gasteiger charge is -1.89. The Morgan fingerprint density at radius 2 is 2.57 bits per heavy atom. The number of hydrogen-bond donors (Lipinski definition) is 0. The van der Waals surface area contributed by atoms with E-state index in [1.54, 1.807) is 0 Å². The van der Waals surface area contributed by atoms with Crippen molar-refractivity contribution in [1.29, 1.82) is 0 Å². The van der Waals surface area contributed by atoms with Crippen molar-refractivity contribution < 1.29 is 4.79 Å². The Kier molecular flexibility index (Phi) is 4.34. The Hall–Kier alpha value is 0.110. The zero-order chi connectivity index (χ0) is 5.70. The molecule has 3 heteroatoms. The van der Waals surface area contributed by atoms with Gasteiger partial charge in [0.2, 0.25) is 6.08 Å². The van der Waals surface area contributed by atoms with Gasteiger partial charge in [-0.15, -0.1) is 0 Å². The number of aliphatic imine (C=N–C) groups is 1. The minimum absolute atomic E-state index is 0.120. The number of rotatable bonds is 2. The first-order valence-corrected chi connectivity index (χ1v) is 3.27. The van der Waals surface area contributed by atoms with Crippen molar-refractivity contribution in [3.63, 3.8) is 0 Å². The summed E-state index contributed by atoms with van der Waals surface area (Å²) in [5, 5.41) is 0. The molecule has 7 heavy (non-hydrogen) atoms. The van der Waals surface area contributed by atoms with Crippen LogP contribution in [0.15, 0.2) is 4.99 Å². The zero-order valence-electron chi connectivity index (χ0n) is 4.02. The minimum atomic E-state index is 0.120. The monoisotopic (exact) mass is 211 g/mol. The molecule has 0 amide bonds. The number of isocyanates is 1. The Morgan fingerprint density at radius 3 is 2.71 bits per heavy atom. The Balaban J connectivity index is 3.35. The molecule has 0 fully saturated rings. The minimum Gasteiger partial charge on any atom is -0.211 e. The van der Waals surface area contributed by atoms with Crippen LogP contribution < -0.4 is 0 Å². The maximum Gasteiger partial charge on any atom is 0.236 e. The van der Waals surface area contributed by atoms with Crippen molar-refractivity contribution in [3.8, 4) is 0 Å². The molecule has 0 aliphatic heterocycles.